The molecule has 0 unspecified atom stereocenters. The minimum absolute atomic E-state index is 0.00481. The molecule has 0 saturated carbocycles. The average Bonchev–Trinajstić information content (AvgIpc) is 3.57. The molecule has 170 valence electrons. The molecule has 4 aromatic rings. The largest absolute Gasteiger partial charge is 0.506 e. The van der Waals surface area contributed by atoms with E-state index < -0.39 is 15.9 Å². The highest BCUT2D eigenvalue weighted by Gasteiger charge is 2.28. The van der Waals surface area contributed by atoms with E-state index in [1.807, 2.05) is 0 Å². The standard InChI is InChI=1S/C22H20N4O6S/c1-13-20-15(12-17(19-5-4-10-31-19)24-22(20)32-25-13)21(28)23-16-11-14(6-7-18(16)27)33(29,30)26-8-2-3-9-26/h4-7,10-12,27H,2-3,8-9H2,1H3,(H,23,28). The molecule has 0 atom stereocenters. The average molecular weight is 468 g/mol. The van der Waals surface area contributed by atoms with Gasteiger partial charge in [0.05, 0.1) is 33.5 Å². The number of hydrogen-bond donors (Lipinski definition) is 2. The summed E-state index contributed by atoms with van der Waals surface area (Å²) in [5.74, 6) is -0.420. The summed E-state index contributed by atoms with van der Waals surface area (Å²) >= 11 is 0. The highest BCUT2D eigenvalue weighted by atomic mass is 32.2. The van der Waals surface area contributed by atoms with Gasteiger partial charge in [0.15, 0.2) is 5.76 Å². The van der Waals surface area contributed by atoms with E-state index in [0.717, 1.165) is 12.8 Å². The number of aromatic hydroxyl groups is 1. The molecule has 4 heterocycles. The zero-order valence-electron chi connectivity index (χ0n) is 17.6. The highest BCUT2D eigenvalue weighted by molar-refractivity contribution is 7.89. The number of aryl methyl sites for hydroxylation is 1. The number of amides is 1. The number of benzene rings is 1. The van der Waals surface area contributed by atoms with Crippen LogP contribution in [0.1, 0.15) is 28.9 Å². The molecule has 1 amide bonds. The van der Waals surface area contributed by atoms with Crippen LogP contribution in [0, 0.1) is 6.92 Å². The van der Waals surface area contributed by atoms with Crippen molar-refractivity contribution in [2.24, 2.45) is 0 Å². The van der Waals surface area contributed by atoms with E-state index in [1.54, 1.807) is 19.1 Å². The lowest BCUT2D eigenvalue weighted by molar-refractivity contribution is 0.102. The maximum absolute atomic E-state index is 13.3. The van der Waals surface area contributed by atoms with Crippen LogP contribution in [0.4, 0.5) is 5.69 Å². The van der Waals surface area contributed by atoms with Crippen LogP contribution in [0.15, 0.2) is 56.5 Å². The first-order valence-electron chi connectivity index (χ1n) is 10.3. The van der Waals surface area contributed by atoms with Gasteiger partial charge in [0.1, 0.15) is 11.4 Å². The third kappa shape index (κ3) is 3.74. The van der Waals surface area contributed by atoms with Gasteiger partial charge >= 0.3 is 0 Å². The Morgan fingerprint density at radius 1 is 1.18 bits per heavy atom. The van der Waals surface area contributed by atoms with Gasteiger partial charge < -0.3 is 19.4 Å². The number of hydrogen-bond acceptors (Lipinski definition) is 8. The summed E-state index contributed by atoms with van der Waals surface area (Å²) in [6.45, 7) is 2.57. The SMILES string of the molecule is Cc1noc2nc(-c3ccco3)cc(C(=O)Nc3cc(S(=O)(=O)N4CCCC4)ccc3O)c12. The van der Waals surface area contributed by atoms with Crippen LogP contribution in [0.3, 0.4) is 0 Å². The van der Waals surface area contributed by atoms with Crippen LogP contribution in [0.5, 0.6) is 5.75 Å². The van der Waals surface area contributed by atoms with E-state index in [1.165, 1.54) is 34.8 Å². The molecule has 2 N–H and O–H groups in total. The molecule has 1 saturated heterocycles. The number of carbonyl (C=O) groups excluding carboxylic acids is 1. The van der Waals surface area contributed by atoms with Crippen molar-refractivity contribution in [2.45, 2.75) is 24.7 Å². The fraction of sp³-hybridized carbons (Fsp3) is 0.227. The first-order valence-corrected chi connectivity index (χ1v) is 11.7. The number of nitrogens with zero attached hydrogens (tertiary/aromatic N) is 3. The van der Waals surface area contributed by atoms with E-state index in [0.29, 0.717) is 35.6 Å². The van der Waals surface area contributed by atoms with Crippen LogP contribution in [0.25, 0.3) is 22.6 Å². The molecule has 0 spiro atoms. The number of rotatable bonds is 5. The molecule has 11 heteroatoms. The maximum Gasteiger partial charge on any atom is 0.259 e. The lowest BCUT2D eigenvalue weighted by Gasteiger charge is -2.17. The molecule has 0 aliphatic carbocycles. The Balaban J connectivity index is 1.53. The minimum atomic E-state index is -3.72. The second-order valence-corrected chi connectivity index (χ2v) is 9.66. The van der Waals surface area contributed by atoms with Crippen molar-refractivity contribution < 1.29 is 27.3 Å². The number of sulfonamides is 1. The van der Waals surface area contributed by atoms with Gasteiger partial charge in [-0.1, -0.05) is 5.16 Å². The molecular weight excluding hydrogens is 448 g/mol. The number of nitrogens with one attached hydrogen (secondary N) is 1. The molecule has 0 radical (unpaired) electrons. The number of phenolic OH excluding ortho intramolecular Hbond substituents is 1. The van der Waals surface area contributed by atoms with Gasteiger partial charge in [-0.25, -0.2) is 13.4 Å². The zero-order chi connectivity index (χ0) is 23.2. The fourth-order valence-electron chi connectivity index (χ4n) is 3.87. The molecular formula is C22H20N4O6S. The Bertz CT molecular complexity index is 1450. The summed E-state index contributed by atoms with van der Waals surface area (Å²) < 4.78 is 37.8. The van der Waals surface area contributed by atoms with Crippen LogP contribution in [-0.2, 0) is 10.0 Å². The monoisotopic (exact) mass is 468 g/mol. The molecule has 3 aromatic heterocycles. The smallest absolute Gasteiger partial charge is 0.259 e. The van der Waals surface area contributed by atoms with Crippen molar-refractivity contribution in [2.75, 3.05) is 18.4 Å². The van der Waals surface area contributed by atoms with Gasteiger partial charge in [-0.2, -0.15) is 4.31 Å². The number of fused-ring (bicyclic) bond motifs is 1. The van der Waals surface area contributed by atoms with E-state index >= 15 is 0 Å². The van der Waals surface area contributed by atoms with E-state index in [-0.39, 0.29) is 27.6 Å². The lowest BCUT2D eigenvalue weighted by atomic mass is 10.1. The normalized spacial score (nSPS) is 14.7. The highest BCUT2D eigenvalue weighted by Crippen LogP contribution is 2.32. The summed E-state index contributed by atoms with van der Waals surface area (Å²) in [7, 11) is -3.72. The number of phenols is 1. The van der Waals surface area contributed by atoms with Crippen molar-refractivity contribution in [3.63, 3.8) is 0 Å². The van der Waals surface area contributed by atoms with Gasteiger partial charge in [-0.3, -0.25) is 4.79 Å². The topological polar surface area (TPSA) is 139 Å². The zero-order valence-corrected chi connectivity index (χ0v) is 18.4. The Kier molecular flexibility index (Phi) is 5.14. The molecule has 5 rings (SSSR count). The molecule has 1 aliphatic rings. The number of aromatic nitrogens is 2. The van der Waals surface area contributed by atoms with Gasteiger partial charge in [-0.15, -0.1) is 0 Å². The van der Waals surface area contributed by atoms with Gasteiger partial charge in [-0.05, 0) is 56.2 Å². The van der Waals surface area contributed by atoms with Crippen LogP contribution < -0.4 is 5.32 Å². The lowest BCUT2D eigenvalue weighted by Crippen LogP contribution is -2.28. The van der Waals surface area contributed by atoms with E-state index in [9.17, 15) is 18.3 Å². The molecule has 1 aromatic carbocycles. The Labute approximate surface area is 188 Å². The molecule has 1 aliphatic heterocycles. The summed E-state index contributed by atoms with van der Waals surface area (Å²) in [6.07, 6.45) is 3.08. The summed E-state index contributed by atoms with van der Waals surface area (Å²) in [5.41, 5.74) is 1.14. The van der Waals surface area contributed by atoms with Crippen LogP contribution in [0.2, 0.25) is 0 Å². The van der Waals surface area contributed by atoms with Crippen molar-refractivity contribution in [1.29, 1.82) is 0 Å². The summed E-state index contributed by atoms with van der Waals surface area (Å²) in [4.78, 5) is 17.6. The van der Waals surface area contributed by atoms with E-state index in [2.05, 4.69) is 15.5 Å². The molecule has 1 fully saturated rings. The third-order valence-corrected chi connectivity index (χ3v) is 7.45. The summed E-state index contributed by atoms with van der Waals surface area (Å²) in [6, 6.07) is 8.74. The predicted molar refractivity (Wildman–Crippen MR) is 118 cm³/mol. The van der Waals surface area contributed by atoms with Crippen molar-refractivity contribution in [3.05, 3.63) is 53.9 Å². The number of pyridine rings is 1. The number of anilines is 1. The number of carbonyl (C=O) groups is 1. The summed E-state index contributed by atoms with van der Waals surface area (Å²) in [5, 5.41) is 17.2. The maximum atomic E-state index is 13.3. The second kappa shape index (κ2) is 8.01. The molecule has 0 bridgehead atoms. The van der Waals surface area contributed by atoms with Gasteiger partial charge in [0, 0.05) is 13.1 Å². The van der Waals surface area contributed by atoms with Crippen molar-refractivity contribution in [1.82, 2.24) is 14.4 Å². The van der Waals surface area contributed by atoms with Crippen molar-refractivity contribution in [3.8, 4) is 17.2 Å². The first-order chi connectivity index (χ1) is 15.8. The quantitative estimate of drug-likeness (QED) is 0.424. The fourth-order valence-corrected chi connectivity index (χ4v) is 5.41. The van der Waals surface area contributed by atoms with Crippen molar-refractivity contribution >= 4 is 32.7 Å². The van der Waals surface area contributed by atoms with Gasteiger partial charge in [0.25, 0.3) is 11.6 Å². The molecule has 10 nitrogen and oxygen atoms in total. The Hall–Kier alpha value is -3.70. The first kappa shape index (κ1) is 21.2. The number of furan rings is 1. The third-order valence-electron chi connectivity index (χ3n) is 5.55. The predicted octanol–water partition coefficient (Wildman–Crippen LogP) is 3.53. The minimum Gasteiger partial charge on any atom is -0.506 e. The van der Waals surface area contributed by atoms with E-state index in [4.69, 9.17) is 8.94 Å². The Morgan fingerprint density at radius 3 is 2.70 bits per heavy atom. The molecule has 33 heavy (non-hydrogen) atoms. The van der Waals surface area contributed by atoms with Crippen LogP contribution >= 0.6 is 0 Å². The Morgan fingerprint density at radius 2 is 1.97 bits per heavy atom. The second-order valence-electron chi connectivity index (χ2n) is 7.72. The van der Waals surface area contributed by atoms with Crippen LogP contribution in [-0.4, -0.2) is 47.0 Å². The van der Waals surface area contributed by atoms with Gasteiger partial charge in [0.2, 0.25) is 10.0 Å².